The van der Waals surface area contributed by atoms with Crippen molar-refractivity contribution in [1.82, 2.24) is 14.9 Å². The van der Waals surface area contributed by atoms with Crippen LogP contribution < -0.4 is 4.90 Å². The summed E-state index contributed by atoms with van der Waals surface area (Å²) in [4.78, 5) is 14.6. The summed E-state index contributed by atoms with van der Waals surface area (Å²) in [6, 6.07) is 18.3. The van der Waals surface area contributed by atoms with E-state index in [4.69, 9.17) is 14.4 Å². The second kappa shape index (κ2) is 6.67. The van der Waals surface area contributed by atoms with Gasteiger partial charge in [0.1, 0.15) is 11.1 Å². The lowest BCUT2D eigenvalue weighted by atomic mass is 10.2. The van der Waals surface area contributed by atoms with Gasteiger partial charge in [0.25, 0.3) is 0 Å². The smallest absolute Gasteiger partial charge is 0.196 e. The normalized spacial score (nSPS) is 15.7. The molecule has 1 fully saturated rings. The van der Waals surface area contributed by atoms with Crippen LogP contribution in [-0.4, -0.2) is 47.6 Å². The molecular weight excluding hydrogens is 336 g/mol. The Hall–Kier alpha value is -2.92. The maximum absolute atomic E-state index is 6.20. The van der Waals surface area contributed by atoms with E-state index in [9.17, 15) is 0 Å². The van der Waals surface area contributed by atoms with E-state index >= 15 is 0 Å². The number of anilines is 1. The van der Waals surface area contributed by atoms with Crippen LogP contribution in [0.15, 0.2) is 59.0 Å². The Kier molecular flexibility index (Phi) is 4.02. The first-order valence-corrected chi connectivity index (χ1v) is 9.55. The van der Waals surface area contributed by atoms with Gasteiger partial charge in [0, 0.05) is 37.1 Å². The van der Waals surface area contributed by atoms with Crippen molar-refractivity contribution < 1.29 is 4.42 Å². The zero-order chi connectivity index (χ0) is 18.2. The Morgan fingerprint density at radius 2 is 1.63 bits per heavy atom. The van der Waals surface area contributed by atoms with Crippen LogP contribution in [-0.2, 0) is 0 Å². The fraction of sp³-hybridized carbons (Fsp3) is 0.273. The molecule has 0 aliphatic carbocycles. The van der Waals surface area contributed by atoms with Crippen LogP contribution in [0.4, 0.5) is 5.82 Å². The molecule has 0 N–H and O–H groups in total. The summed E-state index contributed by atoms with van der Waals surface area (Å²) in [5, 5.41) is 1.04. The van der Waals surface area contributed by atoms with Crippen LogP contribution in [0.1, 0.15) is 6.92 Å². The van der Waals surface area contributed by atoms with Gasteiger partial charge in [-0.1, -0.05) is 49.4 Å². The molecule has 0 amide bonds. The second-order valence-electron chi connectivity index (χ2n) is 6.93. The maximum Gasteiger partial charge on any atom is 0.196 e. The minimum absolute atomic E-state index is 0.752. The third-order valence-electron chi connectivity index (χ3n) is 5.35. The van der Waals surface area contributed by atoms with E-state index < -0.39 is 0 Å². The maximum atomic E-state index is 6.20. The number of hydrogen-bond acceptors (Lipinski definition) is 5. The number of aromatic nitrogens is 2. The lowest BCUT2D eigenvalue weighted by Crippen LogP contribution is -2.46. The molecule has 0 atom stereocenters. The Labute approximate surface area is 158 Å². The molecule has 2 aromatic heterocycles. The Morgan fingerprint density at radius 1 is 0.889 bits per heavy atom. The van der Waals surface area contributed by atoms with Gasteiger partial charge in [0.2, 0.25) is 0 Å². The van der Waals surface area contributed by atoms with E-state index in [2.05, 4.69) is 34.9 Å². The third kappa shape index (κ3) is 2.84. The number of piperazine rings is 1. The highest BCUT2D eigenvalue weighted by molar-refractivity contribution is 6.06. The van der Waals surface area contributed by atoms with Crippen LogP contribution in [0.2, 0.25) is 0 Å². The summed E-state index contributed by atoms with van der Waals surface area (Å²) in [5.74, 6) is 1.66. The second-order valence-corrected chi connectivity index (χ2v) is 6.93. The van der Waals surface area contributed by atoms with Crippen molar-refractivity contribution >= 4 is 27.9 Å². The van der Waals surface area contributed by atoms with Gasteiger partial charge in [-0.05, 0) is 18.7 Å². The zero-order valence-electron chi connectivity index (χ0n) is 15.4. The Balaban J connectivity index is 1.70. The monoisotopic (exact) mass is 358 g/mol. The molecular formula is C22H22N4O. The van der Waals surface area contributed by atoms with E-state index in [0.717, 1.165) is 72.0 Å². The molecule has 3 heterocycles. The van der Waals surface area contributed by atoms with Gasteiger partial charge < -0.3 is 14.2 Å². The first kappa shape index (κ1) is 16.3. The van der Waals surface area contributed by atoms with E-state index in [1.54, 1.807) is 0 Å². The van der Waals surface area contributed by atoms with Crippen LogP contribution in [0.5, 0.6) is 0 Å². The highest BCUT2D eigenvalue weighted by Crippen LogP contribution is 2.35. The first-order valence-electron chi connectivity index (χ1n) is 9.55. The number of benzene rings is 2. The molecule has 0 radical (unpaired) electrons. The highest BCUT2D eigenvalue weighted by atomic mass is 16.3. The molecule has 0 spiro atoms. The highest BCUT2D eigenvalue weighted by Gasteiger charge is 2.23. The molecule has 27 heavy (non-hydrogen) atoms. The van der Waals surface area contributed by atoms with Gasteiger partial charge >= 0.3 is 0 Å². The number of hydrogen-bond donors (Lipinski definition) is 0. The molecule has 1 aliphatic rings. The summed E-state index contributed by atoms with van der Waals surface area (Å²) >= 11 is 0. The average molecular weight is 358 g/mol. The lowest BCUT2D eigenvalue weighted by Gasteiger charge is -2.34. The van der Waals surface area contributed by atoms with Crippen LogP contribution >= 0.6 is 0 Å². The van der Waals surface area contributed by atoms with Gasteiger partial charge in [-0.15, -0.1) is 0 Å². The molecule has 0 saturated carbocycles. The molecule has 5 nitrogen and oxygen atoms in total. The summed E-state index contributed by atoms with van der Waals surface area (Å²) in [5.41, 5.74) is 3.58. The average Bonchev–Trinajstić information content (AvgIpc) is 3.12. The van der Waals surface area contributed by atoms with Crippen LogP contribution in [0.3, 0.4) is 0 Å². The number of rotatable bonds is 3. The quantitative estimate of drug-likeness (QED) is 0.550. The molecule has 5 rings (SSSR count). The predicted octanol–water partition coefficient (Wildman–Crippen LogP) is 4.18. The number of fused-ring (bicyclic) bond motifs is 3. The van der Waals surface area contributed by atoms with Crippen molar-refractivity contribution in [2.45, 2.75) is 6.92 Å². The minimum Gasteiger partial charge on any atom is -0.450 e. The first-order chi connectivity index (χ1) is 13.3. The van der Waals surface area contributed by atoms with E-state index in [-0.39, 0.29) is 0 Å². The molecule has 0 bridgehead atoms. The van der Waals surface area contributed by atoms with Gasteiger partial charge in [0.15, 0.2) is 17.2 Å². The summed E-state index contributed by atoms with van der Waals surface area (Å²) in [6.45, 7) is 7.29. The fourth-order valence-electron chi connectivity index (χ4n) is 3.78. The lowest BCUT2D eigenvalue weighted by molar-refractivity contribution is 0.270. The fourth-order valence-corrected chi connectivity index (χ4v) is 3.78. The number of nitrogens with zero attached hydrogens (tertiary/aromatic N) is 4. The topological polar surface area (TPSA) is 45.4 Å². The van der Waals surface area contributed by atoms with Crippen molar-refractivity contribution in [2.75, 3.05) is 37.6 Å². The molecule has 5 heteroatoms. The van der Waals surface area contributed by atoms with E-state index in [1.165, 1.54) is 0 Å². The molecule has 136 valence electrons. The third-order valence-corrected chi connectivity index (χ3v) is 5.35. The van der Waals surface area contributed by atoms with Gasteiger partial charge in [0.05, 0.1) is 0 Å². The SMILES string of the molecule is CCN1CCN(c2nc(-c3ccccc3)nc3c2oc2ccccc23)CC1. The number of para-hydroxylation sites is 1. The number of likely N-dealkylation sites (N-methyl/N-ethyl adjacent to an activating group) is 1. The Bertz CT molecular complexity index is 1080. The van der Waals surface area contributed by atoms with Gasteiger partial charge in [-0.25, -0.2) is 9.97 Å². The van der Waals surface area contributed by atoms with Crippen molar-refractivity contribution in [2.24, 2.45) is 0 Å². The van der Waals surface area contributed by atoms with Crippen molar-refractivity contribution in [1.29, 1.82) is 0 Å². The molecule has 0 unspecified atom stereocenters. The minimum atomic E-state index is 0.752. The van der Waals surface area contributed by atoms with Gasteiger partial charge in [-0.3, -0.25) is 0 Å². The predicted molar refractivity (Wildman–Crippen MR) is 109 cm³/mol. The van der Waals surface area contributed by atoms with Crippen molar-refractivity contribution in [3.8, 4) is 11.4 Å². The number of furan rings is 1. The Morgan fingerprint density at radius 3 is 2.41 bits per heavy atom. The summed E-state index contributed by atoms with van der Waals surface area (Å²) in [7, 11) is 0. The molecule has 1 aliphatic heterocycles. The molecule has 1 saturated heterocycles. The molecule has 2 aromatic carbocycles. The van der Waals surface area contributed by atoms with Crippen molar-refractivity contribution in [3.05, 3.63) is 54.6 Å². The summed E-state index contributed by atoms with van der Waals surface area (Å²) in [6.07, 6.45) is 0. The standard InChI is InChI=1S/C22H22N4O/c1-2-25-12-14-26(15-13-25)22-20-19(17-10-6-7-11-18(17)27-20)23-21(24-22)16-8-4-3-5-9-16/h3-11H,2,12-15H2,1H3. The van der Waals surface area contributed by atoms with Crippen molar-refractivity contribution in [3.63, 3.8) is 0 Å². The largest absolute Gasteiger partial charge is 0.450 e. The van der Waals surface area contributed by atoms with Crippen LogP contribution in [0, 0.1) is 0 Å². The van der Waals surface area contributed by atoms with E-state index in [1.807, 2.05) is 36.4 Å². The summed E-state index contributed by atoms with van der Waals surface area (Å²) < 4.78 is 6.20. The zero-order valence-corrected chi connectivity index (χ0v) is 15.4. The van der Waals surface area contributed by atoms with Crippen LogP contribution in [0.25, 0.3) is 33.5 Å². The van der Waals surface area contributed by atoms with Gasteiger partial charge in [-0.2, -0.15) is 0 Å². The van der Waals surface area contributed by atoms with E-state index in [0.29, 0.717) is 0 Å². The molecule has 4 aromatic rings.